The number of nitrogen functional groups attached to an aromatic ring is 1. The van der Waals surface area contributed by atoms with Gasteiger partial charge in [-0.05, 0) is 19.9 Å². The summed E-state index contributed by atoms with van der Waals surface area (Å²) in [5.41, 5.74) is 5.82. The molecule has 2 rings (SSSR count). The minimum atomic E-state index is -0.675. The highest BCUT2D eigenvalue weighted by Crippen LogP contribution is 2.30. The molecule has 1 saturated heterocycles. The van der Waals surface area contributed by atoms with E-state index in [9.17, 15) is 4.79 Å². The van der Waals surface area contributed by atoms with Gasteiger partial charge in [-0.3, -0.25) is 4.79 Å². The number of nitrogens with two attached hydrogens (primary N) is 1. The lowest BCUT2D eigenvalue weighted by Crippen LogP contribution is -2.62. The summed E-state index contributed by atoms with van der Waals surface area (Å²) in [4.78, 5) is 18.2. The number of pyridine rings is 1. The van der Waals surface area contributed by atoms with Gasteiger partial charge in [0.05, 0.1) is 12.8 Å². The maximum absolute atomic E-state index is 11.9. The zero-order valence-corrected chi connectivity index (χ0v) is 10.9. The molecule has 0 spiro atoms. The van der Waals surface area contributed by atoms with Crippen molar-refractivity contribution < 1.29 is 9.53 Å². The maximum Gasteiger partial charge on any atom is 0.245 e. The molecule has 1 aromatic rings. The van der Waals surface area contributed by atoms with Crippen molar-refractivity contribution in [1.29, 1.82) is 0 Å². The molecule has 1 aliphatic heterocycles. The van der Waals surface area contributed by atoms with E-state index in [0.717, 1.165) is 0 Å². The Kier molecular flexibility index (Phi) is 3.02. The number of piperazine rings is 1. The molecule has 0 bridgehead atoms. The second-order valence-corrected chi connectivity index (χ2v) is 4.73. The summed E-state index contributed by atoms with van der Waals surface area (Å²) in [6.07, 6.45) is 0. The van der Waals surface area contributed by atoms with E-state index >= 15 is 0 Å². The first-order chi connectivity index (χ1) is 8.46. The van der Waals surface area contributed by atoms with Gasteiger partial charge in [-0.15, -0.1) is 0 Å². The highest BCUT2D eigenvalue weighted by Gasteiger charge is 2.39. The number of hydrogen-bond donors (Lipinski definition) is 2. The van der Waals surface area contributed by atoms with Crippen LogP contribution >= 0.6 is 0 Å². The molecule has 2 heterocycles. The van der Waals surface area contributed by atoms with Gasteiger partial charge in [0.15, 0.2) is 5.82 Å². The summed E-state index contributed by atoms with van der Waals surface area (Å²) < 4.78 is 5.10. The van der Waals surface area contributed by atoms with Crippen molar-refractivity contribution in [2.24, 2.45) is 0 Å². The Morgan fingerprint density at radius 2 is 2.22 bits per heavy atom. The van der Waals surface area contributed by atoms with Crippen LogP contribution in [0.15, 0.2) is 12.1 Å². The molecule has 1 aromatic heterocycles. The molecule has 6 nitrogen and oxygen atoms in total. The largest absolute Gasteiger partial charge is 0.481 e. The molecule has 98 valence electrons. The van der Waals surface area contributed by atoms with Gasteiger partial charge in [0.25, 0.3) is 0 Å². The Bertz CT molecular complexity index is 473. The molecule has 0 aromatic carbocycles. The van der Waals surface area contributed by atoms with Gasteiger partial charge in [0, 0.05) is 19.2 Å². The molecule has 0 aliphatic carbocycles. The van der Waals surface area contributed by atoms with Crippen LogP contribution in [0.1, 0.15) is 13.8 Å². The number of carbonyl (C=O) groups is 1. The number of carbonyl (C=O) groups excluding carboxylic acids is 1. The van der Waals surface area contributed by atoms with E-state index in [1.54, 1.807) is 19.2 Å². The Morgan fingerprint density at radius 1 is 1.50 bits per heavy atom. The molecule has 0 radical (unpaired) electrons. The highest BCUT2D eigenvalue weighted by atomic mass is 16.5. The van der Waals surface area contributed by atoms with Crippen molar-refractivity contribution >= 4 is 17.4 Å². The Balaban J connectivity index is 2.43. The fraction of sp³-hybridized carbons (Fsp3) is 0.500. The first kappa shape index (κ1) is 12.5. The Morgan fingerprint density at radius 3 is 2.89 bits per heavy atom. The van der Waals surface area contributed by atoms with Gasteiger partial charge in [-0.2, -0.15) is 4.98 Å². The van der Waals surface area contributed by atoms with E-state index in [0.29, 0.717) is 30.5 Å². The standard InChI is InChI=1S/C12H18N4O2/c1-12(2)11(17)14-6-7-16(12)10-8(13)4-5-9(15-10)18-3/h4-5H,6-7,13H2,1-3H3,(H,14,17). The minimum Gasteiger partial charge on any atom is -0.481 e. The monoisotopic (exact) mass is 250 g/mol. The van der Waals surface area contributed by atoms with Crippen LogP contribution in [-0.2, 0) is 4.79 Å². The SMILES string of the molecule is COc1ccc(N)c(N2CCNC(=O)C2(C)C)n1. The third-order valence-electron chi connectivity index (χ3n) is 3.20. The van der Waals surface area contributed by atoms with Gasteiger partial charge >= 0.3 is 0 Å². The summed E-state index contributed by atoms with van der Waals surface area (Å²) >= 11 is 0. The number of methoxy groups -OCH3 is 1. The first-order valence-corrected chi connectivity index (χ1v) is 5.83. The van der Waals surface area contributed by atoms with Crippen LogP contribution < -0.4 is 20.7 Å². The lowest BCUT2D eigenvalue weighted by Gasteiger charge is -2.42. The van der Waals surface area contributed by atoms with E-state index in [1.165, 1.54) is 0 Å². The van der Waals surface area contributed by atoms with Gasteiger partial charge in [0.1, 0.15) is 5.54 Å². The summed E-state index contributed by atoms with van der Waals surface area (Å²) in [7, 11) is 1.55. The van der Waals surface area contributed by atoms with Crippen molar-refractivity contribution in [3.8, 4) is 5.88 Å². The van der Waals surface area contributed by atoms with Gasteiger partial charge < -0.3 is 20.7 Å². The average molecular weight is 250 g/mol. The third-order valence-corrected chi connectivity index (χ3v) is 3.20. The van der Waals surface area contributed by atoms with Gasteiger partial charge in [-0.25, -0.2) is 0 Å². The average Bonchev–Trinajstić information content (AvgIpc) is 2.34. The second-order valence-electron chi connectivity index (χ2n) is 4.73. The normalized spacial score (nSPS) is 18.4. The molecule has 1 fully saturated rings. The molecular weight excluding hydrogens is 232 g/mol. The second kappa shape index (κ2) is 4.36. The number of nitrogens with one attached hydrogen (secondary N) is 1. The predicted octanol–water partition coefficient (Wildman–Crippen LogP) is 0.387. The molecule has 1 aliphatic rings. The topological polar surface area (TPSA) is 80.5 Å². The fourth-order valence-electron chi connectivity index (χ4n) is 2.04. The summed E-state index contributed by atoms with van der Waals surface area (Å²) in [6.45, 7) is 4.95. The lowest BCUT2D eigenvalue weighted by atomic mass is 9.99. The molecule has 1 amide bonds. The van der Waals surface area contributed by atoms with Crippen molar-refractivity contribution in [1.82, 2.24) is 10.3 Å². The third kappa shape index (κ3) is 1.94. The van der Waals surface area contributed by atoms with Crippen LogP contribution in [0.25, 0.3) is 0 Å². The van der Waals surface area contributed by atoms with Gasteiger partial charge in [0.2, 0.25) is 11.8 Å². The predicted molar refractivity (Wildman–Crippen MR) is 69.6 cm³/mol. The lowest BCUT2D eigenvalue weighted by molar-refractivity contribution is -0.126. The van der Waals surface area contributed by atoms with E-state index < -0.39 is 5.54 Å². The van der Waals surface area contributed by atoms with Gasteiger partial charge in [-0.1, -0.05) is 0 Å². The number of anilines is 2. The van der Waals surface area contributed by atoms with Crippen molar-refractivity contribution in [3.63, 3.8) is 0 Å². The van der Waals surface area contributed by atoms with Crippen LogP contribution in [0.4, 0.5) is 11.5 Å². The molecule has 0 saturated carbocycles. The summed E-state index contributed by atoms with van der Waals surface area (Å²) in [5.74, 6) is 1.05. The molecule has 18 heavy (non-hydrogen) atoms. The number of aromatic nitrogens is 1. The summed E-state index contributed by atoms with van der Waals surface area (Å²) in [6, 6.07) is 3.44. The number of hydrogen-bond acceptors (Lipinski definition) is 5. The minimum absolute atomic E-state index is 0.0298. The number of amides is 1. The molecule has 3 N–H and O–H groups in total. The van der Waals surface area contributed by atoms with E-state index in [1.807, 2.05) is 18.7 Å². The van der Waals surface area contributed by atoms with Crippen LogP contribution in [0.5, 0.6) is 5.88 Å². The van der Waals surface area contributed by atoms with E-state index in [4.69, 9.17) is 10.5 Å². The number of rotatable bonds is 2. The molecule has 0 atom stereocenters. The molecule has 0 unspecified atom stereocenters. The fourth-order valence-corrected chi connectivity index (χ4v) is 2.04. The van der Waals surface area contributed by atoms with E-state index in [-0.39, 0.29) is 5.91 Å². The van der Waals surface area contributed by atoms with Crippen LogP contribution in [0.2, 0.25) is 0 Å². The maximum atomic E-state index is 11.9. The van der Waals surface area contributed by atoms with Crippen molar-refractivity contribution in [2.75, 3.05) is 30.8 Å². The van der Waals surface area contributed by atoms with E-state index in [2.05, 4.69) is 10.3 Å². The summed E-state index contributed by atoms with van der Waals surface area (Å²) in [5, 5.41) is 2.84. The van der Waals surface area contributed by atoms with Crippen molar-refractivity contribution in [2.45, 2.75) is 19.4 Å². The smallest absolute Gasteiger partial charge is 0.245 e. The highest BCUT2D eigenvalue weighted by molar-refractivity contribution is 5.91. The molecule has 6 heteroatoms. The number of ether oxygens (including phenoxy) is 1. The molecular formula is C12H18N4O2. The zero-order chi connectivity index (χ0) is 13.3. The zero-order valence-electron chi connectivity index (χ0n) is 10.9. The van der Waals surface area contributed by atoms with Crippen LogP contribution in [0, 0.1) is 0 Å². The first-order valence-electron chi connectivity index (χ1n) is 5.83. The quantitative estimate of drug-likeness (QED) is 0.793. The van der Waals surface area contributed by atoms with Crippen LogP contribution in [0.3, 0.4) is 0 Å². The van der Waals surface area contributed by atoms with Crippen molar-refractivity contribution in [3.05, 3.63) is 12.1 Å². The van der Waals surface area contributed by atoms with Crippen LogP contribution in [-0.4, -0.2) is 36.6 Å². The Hall–Kier alpha value is -1.98. The number of nitrogens with zero attached hydrogens (tertiary/aromatic N) is 2. The Labute approximate surface area is 106 Å².